The fourth-order valence-corrected chi connectivity index (χ4v) is 2.85. The van der Waals surface area contributed by atoms with E-state index >= 15 is 0 Å². The number of aliphatic hydroxyl groups excluding tert-OH is 1. The van der Waals surface area contributed by atoms with Crippen LogP contribution in [0.25, 0.3) is 11.4 Å². The molecule has 5 nitrogen and oxygen atoms in total. The van der Waals surface area contributed by atoms with E-state index in [1.807, 2.05) is 11.8 Å². The van der Waals surface area contributed by atoms with E-state index in [0.717, 1.165) is 31.5 Å². The maximum Gasteiger partial charge on any atom is 0.416 e. The lowest BCUT2D eigenvalue weighted by Gasteiger charge is -2.32. The average Bonchev–Trinajstić information content (AvgIpc) is 3.03. The second-order valence-corrected chi connectivity index (χ2v) is 6.00. The van der Waals surface area contributed by atoms with Crippen molar-refractivity contribution in [2.75, 3.05) is 13.1 Å². The van der Waals surface area contributed by atoms with Crippen LogP contribution in [0.5, 0.6) is 0 Å². The van der Waals surface area contributed by atoms with Crippen molar-refractivity contribution in [1.82, 2.24) is 15.0 Å². The van der Waals surface area contributed by atoms with Gasteiger partial charge in [-0.1, -0.05) is 17.3 Å². The van der Waals surface area contributed by atoms with Crippen molar-refractivity contribution in [3.05, 3.63) is 35.7 Å². The number of rotatable bonds is 3. The van der Waals surface area contributed by atoms with Gasteiger partial charge in [0.1, 0.15) is 0 Å². The van der Waals surface area contributed by atoms with E-state index in [2.05, 4.69) is 10.1 Å². The van der Waals surface area contributed by atoms with Crippen LogP contribution >= 0.6 is 0 Å². The van der Waals surface area contributed by atoms with E-state index in [9.17, 15) is 18.3 Å². The van der Waals surface area contributed by atoms with Crippen molar-refractivity contribution in [1.29, 1.82) is 0 Å². The number of benzene rings is 1. The van der Waals surface area contributed by atoms with Gasteiger partial charge in [0.05, 0.1) is 17.7 Å². The van der Waals surface area contributed by atoms with E-state index in [0.29, 0.717) is 12.4 Å². The highest BCUT2D eigenvalue weighted by molar-refractivity contribution is 5.55. The van der Waals surface area contributed by atoms with Gasteiger partial charge in [-0.05, 0) is 38.4 Å². The molecule has 1 aromatic carbocycles. The van der Waals surface area contributed by atoms with Gasteiger partial charge in [0, 0.05) is 12.1 Å². The van der Waals surface area contributed by atoms with Gasteiger partial charge >= 0.3 is 6.18 Å². The molecule has 2 heterocycles. The van der Waals surface area contributed by atoms with Crippen LogP contribution in [0.15, 0.2) is 28.8 Å². The number of aromatic nitrogens is 2. The Labute approximate surface area is 137 Å². The molecule has 0 aliphatic carbocycles. The lowest BCUT2D eigenvalue weighted by molar-refractivity contribution is -0.137. The summed E-state index contributed by atoms with van der Waals surface area (Å²) in [4.78, 5) is 6.26. The number of likely N-dealkylation sites (tertiary alicyclic amines) is 1. The summed E-state index contributed by atoms with van der Waals surface area (Å²) in [5, 5.41) is 13.6. The summed E-state index contributed by atoms with van der Waals surface area (Å²) < 4.78 is 43.6. The van der Waals surface area contributed by atoms with E-state index in [1.165, 1.54) is 12.1 Å². The van der Waals surface area contributed by atoms with Crippen molar-refractivity contribution in [2.45, 2.75) is 38.1 Å². The number of halogens is 3. The fourth-order valence-electron chi connectivity index (χ4n) is 2.85. The summed E-state index contributed by atoms with van der Waals surface area (Å²) in [6.07, 6.45) is -3.16. The van der Waals surface area contributed by atoms with Gasteiger partial charge in [0.25, 0.3) is 0 Å². The molecule has 1 fully saturated rings. The Balaban J connectivity index is 1.80. The first-order chi connectivity index (χ1) is 11.3. The second-order valence-electron chi connectivity index (χ2n) is 6.00. The van der Waals surface area contributed by atoms with E-state index in [4.69, 9.17) is 4.52 Å². The molecule has 0 amide bonds. The third-order valence-electron chi connectivity index (χ3n) is 4.22. The summed E-state index contributed by atoms with van der Waals surface area (Å²) in [5.41, 5.74) is -0.496. The minimum Gasteiger partial charge on any atom is -0.392 e. The number of hydrogen-bond acceptors (Lipinski definition) is 5. The van der Waals surface area contributed by atoms with Gasteiger partial charge in [0.2, 0.25) is 11.7 Å². The first-order valence-corrected chi connectivity index (χ1v) is 7.78. The number of aliphatic hydroxyl groups is 1. The van der Waals surface area contributed by atoms with Crippen LogP contribution in [0.3, 0.4) is 0 Å². The lowest BCUT2D eigenvalue weighted by Crippen LogP contribution is -2.39. The molecule has 0 saturated carbocycles. The van der Waals surface area contributed by atoms with Crippen LogP contribution in [0.4, 0.5) is 13.2 Å². The standard InChI is InChI=1S/C16H18F3N3O2/c1-10(22-7-3-6-13(23)9-22)15-20-14(21-24-15)11-4-2-5-12(8-11)16(17,18)19/h2,4-5,8,10,13,23H,3,6-7,9H2,1H3. The van der Waals surface area contributed by atoms with Crippen molar-refractivity contribution < 1.29 is 22.8 Å². The number of β-amino-alcohol motifs (C(OH)–C–C–N with tert-alkyl or cyclic N) is 1. The van der Waals surface area contributed by atoms with Crippen LogP contribution < -0.4 is 0 Å². The Morgan fingerprint density at radius 1 is 1.38 bits per heavy atom. The van der Waals surface area contributed by atoms with Crippen molar-refractivity contribution in [3.8, 4) is 11.4 Å². The molecule has 1 aliphatic rings. The monoisotopic (exact) mass is 341 g/mol. The normalized spacial score (nSPS) is 21.0. The molecular formula is C16H18F3N3O2. The van der Waals surface area contributed by atoms with Crippen LogP contribution in [-0.2, 0) is 6.18 Å². The Morgan fingerprint density at radius 3 is 2.88 bits per heavy atom. The van der Waals surface area contributed by atoms with Crippen LogP contribution in [-0.4, -0.2) is 39.3 Å². The Bertz CT molecular complexity index is 702. The minimum absolute atomic E-state index is 0.125. The molecule has 24 heavy (non-hydrogen) atoms. The van der Waals surface area contributed by atoms with E-state index in [1.54, 1.807) is 0 Å². The molecule has 2 aromatic rings. The zero-order valence-electron chi connectivity index (χ0n) is 13.1. The van der Waals surface area contributed by atoms with Gasteiger partial charge in [-0.3, -0.25) is 4.90 Å². The molecule has 1 aliphatic heterocycles. The van der Waals surface area contributed by atoms with Gasteiger partial charge in [0.15, 0.2) is 0 Å². The van der Waals surface area contributed by atoms with Crippen LogP contribution in [0, 0.1) is 0 Å². The van der Waals surface area contributed by atoms with Crippen LogP contribution in [0.2, 0.25) is 0 Å². The van der Waals surface area contributed by atoms with Crippen molar-refractivity contribution in [3.63, 3.8) is 0 Å². The highest BCUT2D eigenvalue weighted by Gasteiger charge is 2.31. The van der Waals surface area contributed by atoms with E-state index < -0.39 is 11.7 Å². The van der Waals surface area contributed by atoms with Crippen LogP contribution in [0.1, 0.15) is 37.3 Å². The maximum atomic E-state index is 12.8. The summed E-state index contributed by atoms with van der Waals surface area (Å²) >= 11 is 0. The first-order valence-electron chi connectivity index (χ1n) is 7.78. The molecular weight excluding hydrogens is 323 g/mol. The smallest absolute Gasteiger partial charge is 0.392 e. The van der Waals surface area contributed by atoms with Crippen molar-refractivity contribution in [2.24, 2.45) is 0 Å². The van der Waals surface area contributed by atoms with Gasteiger partial charge < -0.3 is 9.63 Å². The number of hydrogen-bond donors (Lipinski definition) is 1. The van der Waals surface area contributed by atoms with E-state index in [-0.39, 0.29) is 23.5 Å². The number of alkyl halides is 3. The zero-order chi connectivity index (χ0) is 17.3. The Kier molecular flexibility index (Phi) is 4.60. The molecule has 1 N–H and O–H groups in total. The quantitative estimate of drug-likeness (QED) is 0.928. The highest BCUT2D eigenvalue weighted by atomic mass is 19.4. The minimum atomic E-state index is -4.42. The summed E-state index contributed by atoms with van der Waals surface area (Å²) in [6.45, 7) is 3.20. The molecule has 0 bridgehead atoms. The molecule has 130 valence electrons. The van der Waals surface area contributed by atoms with Gasteiger partial charge in [-0.25, -0.2) is 0 Å². The summed E-state index contributed by atoms with van der Waals surface area (Å²) in [5.74, 6) is 0.456. The Morgan fingerprint density at radius 2 is 2.17 bits per heavy atom. The molecule has 1 aromatic heterocycles. The second kappa shape index (κ2) is 6.52. The SMILES string of the molecule is CC(c1nc(-c2cccc(C(F)(F)F)c2)no1)N1CCCC(O)C1. The van der Waals surface area contributed by atoms with Gasteiger partial charge in [-0.15, -0.1) is 0 Å². The fraction of sp³-hybridized carbons (Fsp3) is 0.500. The molecule has 0 spiro atoms. The predicted molar refractivity (Wildman–Crippen MR) is 80.0 cm³/mol. The molecule has 8 heteroatoms. The highest BCUT2D eigenvalue weighted by Crippen LogP contribution is 2.32. The topological polar surface area (TPSA) is 62.4 Å². The number of piperidine rings is 1. The average molecular weight is 341 g/mol. The Hall–Kier alpha value is -1.93. The summed E-state index contributed by atoms with van der Waals surface area (Å²) in [6, 6.07) is 4.64. The lowest BCUT2D eigenvalue weighted by atomic mass is 10.1. The molecule has 3 rings (SSSR count). The largest absolute Gasteiger partial charge is 0.416 e. The third-order valence-corrected chi connectivity index (χ3v) is 4.22. The zero-order valence-corrected chi connectivity index (χ0v) is 13.1. The predicted octanol–water partition coefficient (Wildman–Crippen LogP) is 3.27. The number of nitrogens with zero attached hydrogens (tertiary/aromatic N) is 3. The third kappa shape index (κ3) is 3.59. The first kappa shape index (κ1) is 16.9. The maximum absolute atomic E-state index is 12.8. The summed E-state index contributed by atoms with van der Waals surface area (Å²) in [7, 11) is 0. The molecule has 1 saturated heterocycles. The molecule has 2 atom stereocenters. The van der Waals surface area contributed by atoms with Crippen molar-refractivity contribution >= 4 is 0 Å². The van der Waals surface area contributed by atoms with Gasteiger partial charge in [-0.2, -0.15) is 18.2 Å². The molecule has 0 radical (unpaired) electrons. The molecule has 2 unspecified atom stereocenters.